The second kappa shape index (κ2) is 11.3. The summed E-state index contributed by atoms with van der Waals surface area (Å²) in [6.07, 6.45) is -1.68. The Morgan fingerprint density at radius 3 is 2.52 bits per heavy atom. The number of morpholine rings is 1. The molecule has 5 rings (SSSR count). The van der Waals surface area contributed by atoms with Crippen LogP contribution in [0.15, 0.2) is 36.5 Å². The van der Waals surface area contributed by atoms with Gasteiger partial charge in [0.15, 0.2) is 11.5 Å². The zero-order valence-corrected chi connectivity index (χ0v) is 22.2. The molecule has 1 fully saturated rings. The maximum atomic E-state index is 13.7. The summed E-state index contributed by atoms with van der Waals surface area (Å²) in [5.74, 6) is -1.92. The molecule has 1 saturated heterocycles. The number of urea groups is 1. The molecule has 0 bridgehead atoms. The number of alkyl halides is 3. The molecule has 1 N–H and O–H groups in total. The number of rotatable bonds is 6. The number of benzene rings is 2. The van der Waals surface area contributed by atoms with Crippen molar-refractivity contribution in [3.63, 3.8) is 0 Å². The number of esters is 1. The summed E-state index contributed by atoms with van der Waals surface area (Å²) in [4.78, 5) is 32.0. The van der Waals surface area contributed by atoms with Crippen LogP contribution in [0.1, 0.15) is 29.2 Å². The van der Waals surface area contributed by atoms with E-state index in [1.807, 2.05) is 29.3 Å². The fraction of sp³-hybridized carbons (Fsp3) is 0.429. The summed E-state index contributed by atoms with van der Waals surface area (Å²) >= 11 is 0. The number of halogens is 3. The zero-order valence-electron chi connectivity index (χ0n) is 22.2. The summed E-state index contributed by atoms with van der Waals surface area (Å²) in [6, 6.07) is 8.25. The first kappa shape index (κ1) is 27.6. The molecular weight excluding hydrogens is 531 g/mol. The summed E-state index contributed by atoms with van der Waals surface area (Å²) in [6.45, 7) is 2.23. The Hall–Kier alpha value is -3.93. The first-order chi connectivity index (χ1) is 19.2. The van der Waals surface area contributed by atoms with Gasteiger partial charge >= 0.3 is 18.2 Å². The average Bonchev–Trinajstić information content (AvgIpc) is 3.37. The molecule has 1 aromatic heterocycles. The Morgan fingerprint density at radius 2 is 1.82 bits per heavy atom. The minimum Gasteiger partial charge on any atom is -0.497 e. The van der Waals surface area contributed by atoms with E-state index in [1.54, 1.807) is 18.1 Å². The van der Waals surface area contributed by atoms with Gasteiger partial charge in [-0.15, -0.1) is 0 Å². The maximum Gasteiger partial charge on any atom is 0.491 e. The fourth-order valence-electron chi connectivity index (χ4n) is 5.37. The van der Waals surface area contributed by atoms with Crippen molar-refractivity contribution in [2.24, 2.45) is 0 Å². The Bertz CT molecular complexity index is 1400. The number of hydrogen-bond acceptors (Lipinski definition) is 6. The van der Waals surface area contributed by atoms with Crippen molar-refractivity contribution in [1.29, 1.82) is 0 Å². The van der Waals surface area contributed by atoms with Gasteiger partial charge in [-0.1, -0.05) is 0 Å². The molecule has 0 spiro atoms. The van der Waals surface area contributed by atoms with Crippen LogP contribution in [0, 0.1) is 0 Å². The molecule has 0 saturated carbocycles. The van der Waals surface area contributed by atoms with Crippen LogP contribution in [-0.4, -0.2) is 80.0 Å². The lowest BCUT2D eigenvalue weighted by Gasteiger charge is -2.41. The maximum absolute atomic E-state index is 13.7. The molecule has 1 unspecified atom stereocenters. The van der Waals surface area contributed by atoms with E-state index in [4.69, 9.17) is 14.2 Å². The van der Waals surface area contributed by atoms with Crippen molar-refractivity contribution >= 4 is 22.9 Å². The second-order valence-electron chi connectivity index (χ2n) is 9.69. The number of amides is 2. The topological polar surface area (TPSA) is 93.3 Å². The normalized spacial score (nSPS) is 17.5. The van der Waals surface area contributed by atoms with E-state index in [0.717, 1.165) is 27.8 Å². The van der Waals surface area contributed by atoms with Crippen molar-refractivity contribution in [2.45, 2.75) is 31.5 Å². The first-order valence-corrected chi connectivity index (χ1v) is 13.0. The van der Waals surface area contributed by atoms with Crippen LogP contribution in [0.3, 0.4) is 0 Å². The SMILES string of the molecule is COc1ccc2[nH]cc(CCC3c4cc(OC)c(OC(=O)C(F)(F)F)cc4CCN3C(=O)N3CCOCC3)c2c1. The van der Waals surface area contributed by atoms with Crippen molar-refractivity contribution in [3.8, 4) is 17.2 Å². The Kier molecular flexibility index (Phi) is 7.79. The number of carbonyl (C=O) groups excluding carboxylic acids is 2. The molecule has 1 atom stereocenters. The predicted molar refractivity (Wildman–Crippen MR) is 139 cm³/mol. The lowest BCUT2D eigenvalue weighted by Crippen LogP contribution is -2.51. The van der Waals surface area contributed by atoms with E-state index in [9.17, 15) is 22.8 Å². The van der Waals surface area contributed by atoms with Crippen LogP contribution in [-0.2, 0) is 22.4 Å². The highest BCUT2D eigenvalue weighted by atomic mass is 19.4. The summed E-state index contributed by atoms with van der Waals surface area (Å²) < 4.78 is 59.5. The van der Waals surface area contributed by atoms with Gasteiger partial charge in [0.2, 0.25) is 0 Å². The number of hydrogen-bond donors (Lipinski definition) is 1. The highest BCUT2D eigenvalue weighted by molar-refractivity contribution is 5.84. The van der Waals surface area contributed by atoms with Gasteiger partial charge in [-0.3, -0.25) is 0 Å². The number of methoxy groups -OCH3 is 2. The highest BCUT2D eigenvalue weighted by Crippen LogP contribution is 2.41. The molecule has 2 aromatic carbocycles. The largest absolute Gasteiger partial charge is 0.497 e. The number of ether oxygens (including phenoxy) is 4. The molecule has 9 nitrogen and oxygen atoms in total. The van der Waals surface area contributed by atoms with Gasteiger partial charge in [0.1, 0.15) is 5.75 Å². The number of aryl methyl sites for hydroxylation is 1. The third kappa shape index (κ3) is 5.53. The van der Waals surface area contributed by atoms with E-state index < -0.39 is 18.2 Å². The fourth-order valence-corrected chi connectivity index (χ4v) is 5.37. The molecule has 214 valence electrons. The predicted octanol–water partition coefficient (Wildman–Crippen LogP) is 4.64. The summed E-state index contributed by atoms with van der Waals surface area (Å²) in [5, 5.41) is 1.01. The van der Waals surface area contributed by atoms with Crippen LogP contribution in [0.2, 0.25) is 0 Å². The molecule has 3 aromatic rings. The number of H-pyrrole nitrogens is 1. The van der Waals surface area contributed by atoms with Crippen LogP contribution < -0.4 is 14.2 Å². The number of aromatic amines is 1. The van der Waals surface area contributed by atoms with Gasteiger partial charge in [-0.25, -0.2) is 9.59 Å². The zero-order chi connectivity index (χ0) is 28.4. The molecule has 40 heavy (non-hydrogen) atoms. The molecular formula is C28H30F3N3O6. The van der Waals surface area contributed by atoms with Gasteiger partial charge < -0.3 is 33.7 Å². The first-order valence-electron chi connectivity index (χ1n) is 13.0. The lowest BCUT2D eigenvalue weighted by molar-refractivity contribution is -0.189. The van der Waals surface area contributed by atoms with Crippen molar-refractivity contribution in [1.82, 2.24) is 14.8 Å². The molecule has 2 amide bonds. The molecule has 2 aliphatic heterocycles. The monoisotopic (exact) mass is 561 g/mol. The second-order valence-corrected chi connectivity index (χ2v) is 9.69. The number of fused-ring (bicyclic) bond motifs is 2. The van der Waals surface area contributed by atoms with E-state index in [-0.39, 0.29) is 17.5 Å². The van der Waals surface area contributed by atoms with Crippen molar-refractivity contribution < 1.29 is 41.7 Å². The van der Waals surface area contributed by atoms with Crippen LogP contribution in [0.25, 0.3) is 10.9 Å². The number of nitrogens with one attached hydrogen (secondary N) is 1. The quantitative estimate of drug-likeness (QED) is 0.348. The van der Waals surface area contributed by atoms with Gasteiger partial charge in [-0.2, -0.15) is 13.2 Å². The average molecular weight is 562 g/mol. The third-order valence-electron chi connectivity index (χ3n) is 7.41. The Morgan fingerprint density at radius 1 is 1.05 bits per heavy atom. The molecule has 2 aliphatic rings. The van der Waals surface area contributed by atoms with E-state index in [0.29, 0.717) is 57.7 Å². The molecule has 3 heterocycles. The van der Waals surface area contributed by atoms with Gasteiger partial charge in [0, 0.05) is 36.7 Å². The van der Waals surface area contributed by atoms with Crippen LogP contribution in [0.5, 0.6) is 17.2 Å². The van der Waals surface area contributed by atoms with Gasteiger partial charge in [0.05, 0.1) is 33.5 Å². The Labute approximate surface area is 228 Å². The third-order valence-corrected chi connectivity index (χ3v) is 7.41. The number of carbonyl (C=O) groups is 2. The van der Waals surface area contributed by atoms with Crippen molar-refractivity contribution in [3.05, 3.63) is 53.2 Å². The lowest BCUT2D eigenvalue weighted by atomic mass is 9.88. The standard InChI is InChI=1S/C28H30F3N3O6/c1-37-19-4-5-22-20(14-19)18(16-32-22)3-6-23-21-15-24(38-2)25(40-26(35)28(29,30)31)13-17(21)7-8-34(23)27(36)33-9-11-39-12-10-33/h4-5,13-16,23,32H,3,6-12H2,1-2H3. The van der Waals surface area contributed by atoms with E-state index in [2.05, 4.69) is 9.72 Å². The number of nitrogens with zero attached hydrogens (tertiary/aromatic N) is 2. The minimum absolute atomic E-state index is 0.0150. The van der Waals surface area contributed by atoms with Crippen LogP contribution >= 0.6 is 0 Å². The highest BCUT2D eigenvalue weighted by Gasteiger charge is 2.42. The van der Waals surface area contributed by atoms with E-state index >= 15 is 0 Å². The molecule has 0 aliphatic carbocycles. The minimum atomic E-state index is -5.15. The molecule has 12 heteroatoms. The van der Waals surface area contributed by atoms with E-state index in [1.165, 1.54) is 13.2 Å². The van der Waals surface area contributed by atoms with Gasteiger partial charge in [-0.05, 0) is 66.3 Å². The van der Waals surface area contributed by atoms with Gasteiger partial charge in [0.25, 0.3) is 0 Å². The molecule has 0 radical (unpaired) electrons. The summed E-state index contributed by atoms with van der Waals surface area (Å²) in [5.41, 5.74) is 3.44. The Balaban J connectivity index is 1.49. The number of aromatic nitrogens is 1. The van der Waals surface area contributed by atoms with Crippen LogP contribution in [0.4, 0.5) is 18.0 Å². The van der Waals surface area contributed by atoms with Crippen molar-refractivity contribution in [2.75, 3.05) is 47.1 Å². The summed E-state index contributed by atoms with van der Waals surface area (Å²) in [7, 11) is 2.90. The smallest absolute Gasteiger partial charge is 0.491 e.